The van der Waals surface area contributed by atoms with Crippen LogP contribution in [-0.4, -0.2) is 20.7 Å². The van der Waals surface area contributed by atoms with Crippen LogP contribution in [0.15, 0.2) is 11.8 Å². The average molecular weight is 199 g/mol. The molecular weight excluding hydrogens is 174 g/mol. The molecule has 0 saturated heterocycles. The standard InChI is InChI=1S/C11H25NSi/c1-6-11(2)12-9-7-8-10-13(3,4)5/h8,10-12H,6-7,9H2,1-5H3. The van der Waals surface area contributed by atoms with Gasteiger partial charge in [-0.15, -0.1) is 0 Å². The van der Waals surface area contributed by atoms with Gasteiger partial charge in [-0.25, -0.2) is 0 Å². The van der Waals surface area contributed by atoms with Crippen molar-refractivity contribution < 1.29 is 0 Å². The van der Waals surface area contributed by atoms with Crippen molar-refractivity contribution in [1.29, 1.82) is 0 Å². The van der Waals surface area contributed by atoms with Gasteiger partial charge in [0, 0.05) is 6.04 Å². The molecule has 0 heterocycles. The van der Waals surface area contributed by atoms with Crippen molar-refractivity contribution in [3.8, 4) is 0 Å². The molecule has 0 bridgehead atoms. The average Bonchev–Trinajstić information content (AvgIpc) is 2.01. The molecule has 0 spiro atoms. The first-order valence-electron chi connectivity index (χ1n) is 5.37. The minimum absolute atomic E-state index is 0.667. The first-order valence-corrected chi connectivity index (χ1v) is 8.94. The van der Waals surface area contributed by atoms with E-state index >= 15 is 0 Å². The summed E-state index contributed by atoms with van der Waals surface area (Å²) in [5.41, 5.74) is 2.42. The summed E-state index contributed by atoms with van der Waals surface area (Å²) >= 11 is 0. The van der Waals surface area contributed by atoms with Gasteiger partial charge in [0.1, 0.15) is 0 Å². The number of rotatable bonds is 6. The van der Waals surface area contributed by atoms with E-state index in [2.05, 4.69) is 50.6 Å². The fourth-order valence-corrected chi connectivity index (χ4v) is 1.87. The van der Waals surface area contributed by atoms with Gasteiger partial charge in [0.05, 0.1) is 8.07 Å². The van der Waals surface area contributed by atoms with Crippen molar-refractivity contribution in [3.63, 3.8) is 0 Å². The predicted molar refractivity (Wildman–Crippen MR) is 64.9 cm³/mol. The molecule has 13 heavy (non-hydrogen) atoms. The van der Waals surface area contributed by atoms with Crippen molar-refractivity contribution >= 4 is 8.07 Å². The summed E-state index contributed by atoms with van der Waals surface area (Å²) in [6.07, 6.45) is 4.73. The Bertz CT molecular complexity index is 147. The Morgan fingerprint density at radius 1 is 1.31 bits per heavy atom. The summed E-state index contributed by atoms with van der Waals surface area (Å²) in [5.74, 6) is 0. The van der Waals surface area contributed by atoms with Crippen molar-refractivity contribution in [1.82, 2.24) is 5.32 Å². The summed E-state index contributed by atoms with van der Waals surface area (Å²) in [4.78, 5) is 0. The SMILES string of the molecule is CCC(C)NCCC=C[Si](C)(C)C. The summed E-state index contributed by atoms with van der Waals surface area (Å²) in [6.45, 7) is 12.7. The molecule has 0 aliphatic carbocycles. The third-order valence-electron chi connectivity index (χ3n) is 2.03. The van der Waals surface area contributed by atoms with Gasteiger partial charge in [-0.3, -0.25) is 0 Å². The highest BCUT2D eigenvalue weighted by molar-refractivity contribution is 6.80. The van der Waals surface area contributed by atoms with Crippen molar-refractivity contribution in [2.24, 2.45) is 0 Å². The molecule has 0 aromatic rings. The quantitative estimate of drug-likeness (QED) is 0.512. The molecule has 0 rings (SSSR count). The van der Waals surface area contributed by atoms with E-state index in [1.54, 1.807) is 0 Å². The normalized spacial score (nSPS) is 15.2. The second kappa shape index (κ2) is 6.38. The van der Waals surface area contributed by atoms with E-state index in [1.807, 2.05) is 0 Å². The molecule has 78 valence electrons. The molecule has 0 aromatic carbocycles. The minimum atomic E-state index is -0.951. The highest BCUT2D eigenvalue weighted by atomic mass is 28.3. The zero-order valence-corrected chi connectivity index (χ0v) is 10.9. The van der Waals surface area contributed by atoms with Gasteiger partial charge in [-0.2, -0.15) is 0 Å². The topological polar surface area (TPSA) is 12.0 Å². The fraction of sp³-hybridized carbons (Fsp3) is 0.818. The largest absolute Gasteiger partial charge is 0.314 e. The smallest absolute Gasteiger partial charge is 0.0682 e. The van der Waals surface area contributed by atoms with E-state index in [0.29, 0.717) is 6.04 Å². The van der Waals surface area contributed by atoms with Crippen molar-refractivity contribution in [2.45, 2.75) is 52.4 Å². The Morgan fingerprint density at radius 2 is 1.92 bits per heavy atom. The van der Waals surface area contributed by atoms with Crippen LogP contribution in [0.3, 0.4) is 0 Å². The molecule has 0 aliphatic heterocycles. The summed E-state index contributed by atoms with van der Waals surface area (Å²) in [7, 11) is -0.951. The Balaban J connectivity index is 3.41. The lowest BCUT2D eigenvalue weighted by Gasteiger charge is -2.10. The van der Waals surface area contributed by atoms with E-state index in [0.717, 1.165) is 6.54 Å². The molecule has 0 amide bonds. The lowest BCUT2D eigenvalue weighted by atomic mass is 10.2. The first kappa shape index (κ1) is 12.9. The summed E-state index contributed by atoms with van der Waals surface area (Å²) in [5, 5.41) is 3.48. The molecule has 0 saturated carbocycles. The van der Waals surface area contributed by atoms with Crippen LogP contribution in [0.1, 0.15) is 26.7 Å². The van der Waals surface area contributed by atoms with Crippen LogP contribution in [0.2, 0.25) is 19.6 Å². The van der Waals surface area contributed by atoms with Crippen LogP contribution in [0.5, 0.6) is 0 Å². The summed E-state index contributed by atoms with van der Waals surface area (Å²) < 4.78 is 0. The second-order valence-corrected chi connectivity index (χ2v) is 9.89. The van der Waals surface area contributed by atoms with Gasteiger partial charge in [-0.1, -0.05) is 38.3 Å². The number of hydrogen-bond acceptors (Lipinski definition) is 1. The van der Waals surface area contributed by atoms with Crippen LogP contribution >= 0.6 is 0 Å². The van der Waals surface area contributed by atoms with Crippen LogP contribution in [0.25, 0.3) is 0 Å². The van der Waals surface area contributed by atoms with Crippen LogP contribution in [0, 0.1) is 0 Å². The van der Waals surface area contributed by atoms with Gasteiger partial charge in [0.15, 0.2) is 0 Å². The fourth-order valence-electron chi connectivity index (χ4n) is 0.994. The second-order valence-electron chi connectivity index (χ2n) is 4.82. The Hall–Kier alpha value is -0.0831. The maximum atomic E-state index is 3.48. The third-order valence-corrected chi connectivity index (χ3v) is 3.27. The molecule has 0 aromatic heterocycles. The third kappa shape index (κ3) is 9.83. The Morgan fingerprint density at radius 3 is 2.38 bits per heavy atom. The lowest BCUT2D eigenvalue weighted by Crippen LogP contribution is -2.25. The molecular formula is C11H25NSi. The highest BCUT2D eigenvalue weighted by Gasteiger charge is 2.05. The zero-order chi connectivity index (χ0) is 10.3. The molecule has 0 radical (unpaired) electrons. The van der Waals surface area contributed by atoms with Crippen LogP contribution in [-0.2, 0) is 0 Å². The molecule has 1 nitrogen and oxygen atoms in total. The molecule has 0 aliphatic rings. The predicted octanol–water partition coefficient (Wildman–Crippen LogP) is 3.20. The van der Waals surface area contributed by atoms with E-state index in [9.17, 15) is 0 Å². The highest BCUT2D eigenvalue weighted by Crippen LogP contribution is 2.02. The van der Waals surface area contributed by atoms with E-state index in [4.69, 9.17) is 0 Å². The number of hydrogen-bond donors (Lipinski definition) is 1. The molecule has 2 heteroatoms. The van der Waals surface area contributed by atoms with E-state index < -0.39 is 8.07 Å². The van der Waals surface area contributed by atoms with Crippen LogP contribution < -0.4 is 5.32 Å². The Kier molecular flexibility index (Phi) is 6.34. The van der Waals surface area contributed by atoms with Gasteiger partial charge in [0.2, 0.25) is 0 Å². The van der Waals surface area contributed by atoms with Gasteiger partial charge in [0.25, 0.3) is 0 Å². The van der Waals surface area contributed by atoms with E-state index in [1.165, 1.54) is 12.8 Å². The van der Waals surface area contributed by atoms with E-state index in [-0.39, 0.29) is 0 Å². The Labute approximate surface area is 84.6 Å². The molecule has 0 fully saturated rings. The van der Waals surface area contributed by atoms with Gasteiger partial charge < -0.3 is 5.32 Å². The lowest BCUT2D eigenvalue weighted by molar-refractivity contribution is 0.540. The maximum absolute atomic E-state index is 3.48. The monoisotopic (exact) mass is 199 g/mol. The van der Waals surface area contributed by atoms with Gasteiger partial charge in [-0.05, 0) is 26.3 Å². The van der Waals surface area contributed by atoms with Gasteiger partial charge >= 0.3 is 0 Å². The molecule has 1 unspecified atom stereocenters. The van der Waals surface area contributed by atoms with Crippen molar-refractivity contribution in [3.05, 3.63) is 11.8 Å². The van der Waals surface area contributed by atoms with Crippen LogP contribution in [0.4, 0.5) is 0 Å². The molecule has 1 N–H and O–H groups in total. The number of nitrogens with one attached hydrogen (secondary N) is 1. The minimum Gasteiger partial charge on any atom is -0.314 e. The summed E-state index contributed by atoms with van der Waals surface area (Å²) in [6, 6.07) is 0.667. The molecule has 1 atom stereocenters. The van der Waals surface area contributed by atoms with Crippen molar-refractivity contribution in [2.75, 3.05) is 6.54 Å². The first-order chi connectivity index (χ1) is 5.95. The zero-order valence-electron chi connectivity index (χ0n) is 9.85. The maximum Gasteiger partial charge on any atom is 0.0682 e.